The van der Waals surface area contributed by atoms with Gasteiger partial charge in [0.25, 0.3) is 0 Å². The van der Waals surface area contributed by atoms with Gasteiger partial charge in [0.1, 0.15) is 12.1 Å². The largest absolute Gasteiger partial charge is 0.307 e. The summed E-state index contributed by atoms with van der Waals surface area (Å²) in [6.45, 7) is 0. The van der Waals surface area contributed by atoms with Crippen molar-refractivity contribution in [1.29, 1.82) is 0 Å². The van der Waals surface area contributed by atoms with E-state index >= 15 is 0 Å². The Hall–Kier alpha value is -4.11. The van der Waals surface area contributed by atoms with Crippen LogP contribution in [0.3, 0.4) is 0 Å². The highest BCUT2D eigenvalue weighted by molar-refractivity contribution is 7.15. The van der Waals surface area contributed by atoms with Gasteiger partial charge in [-0.25, -0.2) is 19.2 Å². The Kier molecular flexibility index (Phi) is 3.78. The van der Waals surface area contributed by atoms with Crippen molar-refractivity contribution < 1.29 is 0 Å². The molecule has 0 aliphatic rings. The fourth-order valence-corrected chi connectivity index (χ4v) is 4.18. The minimum atomic E-state index is 0.478. The van der Waals surface area contributed by atoms with Crippen LogP contribution in [0.4, 0.5) is 11.8 Å². The number of para-hydroxylation sites is 1. The quantitative estimate of drug-likeness (QED) is 0.466. The molecule has 0 saturated carbocycles. The minimum absolute atomic E-state index is 0.478. The second-order valence-corrected chi connectivity index (χ2v) is 7.43. The Morgan fingerprint density at radius 3 is 2.53 bits per heavy atom. The van der Waals surface area contributed by atoms with Crippen LogP contribution >= 0.6 is 11.3 Å². The third-order valence-corrected chi connectivity index (χ3v) is 5.56. The standard InChI is InChI=1S/C21H14N8S/c1-3-7-14(8-4-1)17-12-30-21-26-20(27-29(17)21)25-18-16-11-24-28(19(16)23-13-22-18)15-9-5-2-6-10-15/h1-13H,(H,22,23,25,27). The second kappa shape index (κ2) is 6.75. The topological polar surface area (TPSA) is 85.8 Å². The Morgan fingerprint density at radius 2 is 1.70 bits per heavy atom. The predicted octanol–water partition coefficient (Wildman–Crippen LogP) is 4.33. The van der Waals surface area contributed by atoms with Gasteiger partial charge in [0.15, 0.2) is 5.65 Å². The van der Waals surface area contributed by atoms with Crippen LogP contribution in [0.5, 0.6) is 0 Å². The number of nitrogens with zero attached hydrogens (tertiary/aromatic N) is 7. The van der Waals surface area contributed by atoms with E-state index in [2.05, 4.69) is 48.0 Å². The van der Waals surface area contributed by atoms with Gasteiger partial charge in [0, 0.05) is 10.9 Å². The van der Waals surface area contributed by atoms with Crippen LogP contribution in [0.15, 0.2) is 78.6 Å². The van der Waals surface area contributed by atoms with Crippen LogP contribution in [0.25, 0.3) is 32.9 Å². The monoisotopic (exact) mass is 410 g/mol. The van der Waals surface area contributed by atoms with Gasteiger partial charge in [0.2, 0.25) is 10.9 Å². The molecule has 2 aromatic carbocycles. The predicted molar refractivity (Wildman–Crippen MR) is 116 cm³/mol. The molecule has 144 valence electrons. The zero-order chi connectivity index (χ0) is 19.9. The molecule has 1 N–H and O–H groups in total. The Bertz CT molecular complexity index is 1470. The molecular formula is C21H14N8S. The highest BCUT2D eigenvalue weighted by Gasteiger charge is 2.15. The van der Waals surface area contributed by atoms with Crippen molar-refractivity contribution >= 4 is 39.1 Å². The molecule has 0 amide bonds. The van der Waals surface area contributed by atoms with Gasteiger partial charge in [-0.05, 0) is 12.1 Å². The van der Waals surface area contributed by atoms with Crippen LogP contribution in [-0.2, 0) is 0 Å². The van der Waals surface area contributed by atoms with Crippen molar-refractivity contribution in [2.45, 2.75) is 0 Å². The highest BCUT2D eigenvalue weighted by Crippen LogP contribution is 2.28. The van der Waals surface area contributed by atoms with E-state index in [1.165, 1.54) is 6.33 Å². The summed E-state index contributed by atoms with van der Waals surface area (Å²) in [5, 5.41) is 15.2. The van der Waals surface area contributed by atoms with Crippen LogP contribution in [-0.4, -0.2) is 34.3 Å². The maximum Gasteiger partial charge on any atom is 0.249 e. The van der Waals surface area contributed by atoms with E-state index in [-0.39, 0.29) is 0 Å². The van der Waals surface area contributed by atoms with E-state index in [9.17, 15) is 0 Å². The Balaban J connectivity index is 1.39. The normalized spacial score (nSPS) is 11.3. The zero-order valence-corrected chi connectivity index (χ0v) is 16.4. The van der Waals surface area contributed by atoms with Crippen molar-refractivity contribution in [3.8, 4) is 16.9 Å². The maximum atomic E-state index is 4.63. The summed E-state index contributed by atoms with van der Waals surface area (Å²) >= 11 is 1.55. The van der Waals surface area contributed by atoms with Crippen LogP contribution in [0.1, 0.15) is 0 Å². The molecule has 0 bridgehead atoms. The van der Waals surface area contributed by atoms with Crippen molar-refractivity contribution in [3.63, 3.8) is 0 Å². The molecule has 6 aromatic rings. The first-order chi connectivity index (χ1) is 14.9. The molecule has 0 spiro atoms. The molecule has 4 heterocycles. The third kappa shape index (κ3) is 2.72. The number of benzene rings is 2. The fraction of sp³-hybridized carbons (Fsp3) is 0. The first kappa shape index (κ1) is 16.8. The molecule has 9 heteroatoms. The van der Waals surface area contributed by atoms with Crippen molar-refractivity contribution in [2.75, 3.05) is 5.32 Å². The van der Waals surface area contributed by atoms with Crippen molar-refractivity contribution in [3.05, 3.63) is 78.6 Å². The first-order valence-electron chi connectivity index (χ1n) is 9.28. The van der Waals surface area contributed by atoms with Crippen LogP contribution in [0, 0.1) is 0 Å². The van der Waals surface area contributed by atoms with Gasteiger partial charge >= 0.3 is 0 Å². The van der Waals surface area contributed by atoms with Crippen LogP contribution in [0.2, 0.25) is 0 Å². The van der Waals surface area contributed by atoms with Gasteiger partial charge in [-0.3, -0.25) is 0 Å². The van der Waals surface area contributed by atoms with E-state index in [1.807, 2.05) is 53.0 Å². The van der Waals surface area contributed by atoms with E-state index in [4.69, 9.17) is 0 Å². The fourth-order valence-electron chi connectivity index (χ4n) is 3.35. The number of rotatable bonds is 4. The van der Waals surface area contributed by atoms with E-state index in [0.29, 0.717) is 17.4 Å². The summed E-state index contributed by atoms with van der Waals surface area (Å²) < 4.78 is 3.63. The second-order valence-electron chi connectivity index (χ2n) is 6.59. The number of thiazole rings is 1. The average molecular weight is 410 g/mol. The van der Waals surface area contributed by atoms with Crippen LogP contribution < -0.4 is 5.32 Å². The molecule has 0 aliphatic heterocycles. The zero-order valence-electron chi connectivity index (χ0n) is 15.5. The number of fused-ring (bicyclic) bond motifs is 2. The molecule has 4 aromatic heterocycles. The molecule has 0 atom stereocenters. The molecule has 0 aliphatic carbocycles. The third-order valence-electron chi connectivity index (χ3n) is 4.75. The van der Waals surface area contributed by atoms with E-state index in [0.717, 1.165) is 27.3 Å². The summed E-state index contributed by atoms with van der Waals surface area (Å²) in [4.78, 5) is 14.2. The Morgan fingerprint density at radius 1 is 0.900 bits per heavy atom. The number of aromatic nitrogens is 7. The number of nitrogens with one attached hydrogen (secondary N) is 1. The summed E-state index contributed by atoms with van der Waals surface area (Å²) in [6, 6.07) is 20.0. The van der Waals surface area contributed by atoms with Gasteiger partial charge in [-0.2, -0.15) is 10.1 Å². The SMILES string of the molecule is c1ccc(-c2csc3nc(Nc4ncnc5c4cnn5-c4ccccc4)nn23)cc1. The lowest BCUT2D eigenvalue weighted by molar-refractivity contribution is 0.895. The van der Waals surface area contributed by atoms with Gasteiger partial charge in [0.05, 0.1) is 23.0 Å². The van der Waals surface area contributed by atoms with Gasteiger partial charge in [-0.15, -0.1) is 16.4 Å². The lowest BCUT2D eigenvalue weighted by Crippen LogP contribution is -2.00. The smallest absolute Gasteiger partial charge is 0.249 e. The lowest BCUT2D eigenvalue weighted by atomic mass is 10.2. The summed E-state index contributed by atoms with van der Waals surface area (Å²) in [5.74, 6) is 1.09. The van der Waals surface area contributed by atoms with Crippen molar-refractivity contribution in [1.82, 2.24) is 34.3 Å². The molecule has 6 rings (SSSR count). The number of anilines is 2. The molecular weight excluding hydrogens is 396 g/mol. The molecule has 30 heavy (non-hydrogen) atoms. The first-order valence-corrected chi connectivity index (χ1v) is 10.2. The number of hydrogen-bond donors (Lipinski definition) is 1. The summed E-state index contributed by atoms with van der Waals surface area (Å²) in [5.41, 5.74) is 3.74. The minimum Gasteiger partial charge on any atom is -0.307 e. The highest BCUT2D eigenvalue weighted by atomic mass is 32.1. The maximum absolute atomic E-state index is 4.63. The molecule has 8 nitrogen and oxygen atoms in total. The molecule has 0 radical (unpaired) electrons. The Labute approximate surface area is 174 Å². The van der Waals surface area contributed by atoms with Gasteiger partial charge < -0.3 is 5.32 Å². The molecule has 0 fully saturated rings. The number of hydrogen-bond acceptors (Lipinski definition) is 7. The van der Waals surface area contributed by atoms with E-state index < -0.39 is 0 Å². The average Bonchev–Trinajstić information content (AvgIpc) is 3.49. The lowest BCUT2D eigenvalue weighted by Gasteiger charge is -2.04. The molecule has 0 saturated heterocycles. The summed E-state index contributed by atoms with van der Waals surface area (Å²) in [7, 11) is 0. The summed E-state index contributed by atoms with van der Waals surface area (Å²) in [6.07, 6.45) is 3.26. The molecule has 0 unspecified atom stereocenters. The van der Waals surface area contributed by atoms with Crippen molar-refractivity contribution in [2.24, 2.45) is 0 Å². The van der Waals surface area contributed by atoms with Gasteiger partial charge in [-0.1, -0.05) is 48.5 Å². The van der Waals surface area contributed by atoms with E-state index in [1.54, 1.807) is 22.2 Å².